The molecule has 0 spiro atoms. The first-order valence-corrected chi connectivity index (χ1v) is 11.2. The molecule has 1 N–H and O–H groups in total. The van der Waals surface area contributed by atoms with Gasteiger partial charge in [0.15, 0.2) is 5.11 Å². The molecule has 4 rings (SSSR count). The lowest BCUT2D eigenvalue weighted by molar-refractivity contribution is -0.124. The number of hydrogen-bond donors (Lipinski definition) is 1. The molecule has 0 unspecified atom stereocenters. The number of halogens is 1. The number of hydrogen-bond acceptors (Lipinski definition) is 4. The van der Waals surface area contributed by atoms with Gasteiger partial charge in [0.1, 0.15) is 11.8 Å². The van der Waals surface area contributed by atoms with Crippen molar-refractivity contribution in [1.82, 2.24) is 4.90 Å². The highest BCUT2D eigenvalue weighted by Gasteiger charge is 2.49. The Morgan fingerprint density at radius 2 is 1.84 bits per heavy atom. The fourth-order valence-electron chi connectivity index (χ4n) is 3.63. The molecule has 1 saturated heterocycles. The maximum Gasteiger partial charge on any atom is 0.256 e. The lowest BCUT2D eigenvalue weighted by Crippen LogP contribution is -2.39. The highest BCUT2D eigenvalue weighted by molar-refractivity contribution is 7.80. The first-order chi connectivity index (χ1) is 15.0. The molecule has 1 aliphatic heterocycles. The molecule has 2 aliphatic rings. The summed E-state index contributed by atoms with van der Waals surface area (Å²) in [4.78, 5) is 29.4. The molecule has 1 saturated carbocycles. The lowest BCUT2D eigenvalue weighted by atomic mass is 10.1. The van der Waals surface area contributed by atoms with Gasteiger partial charge in [-0.2, -0.15) is 0 Å². The molecule has 6 nitrogen and oxygen atoms in total. The zero-order chi connectivity index (χ0) is 22.0. The first kappa shape index (κ1) is 21.6. The second kappa shape index (κ2) is 9.24. The largest absolute Gasteiger partial charge is 0.494 e. The average molecular weight is 458 g/mol. The van der Waals surface area contributed by atoms with Crippen LogP contribution in [0.15, 0.2) is 48.5 Å². The van der Waals surface area contributed by atoms with Crippen molar-refractivity contribution in [3.05, 3.63) is 53.6 Å². The topological polar surface area (TPSA) is 61.9 Å². The quantitative estimate of drug-likeness (QED) is 0.586. The van der Waals surface area contributed by atoms with Gasteiger partial charge in [0.2, 0.25) is 5.91 Å². The second-order valence-corrected chi connectivity index (χ2v) is 8.51. The lowest BCUT2D eigenvalue weighted by Gasteiger charge is -2.23. The monoisotopic (exact) mass is 457 g/mol. The van der Waals surface area contributed by atoms with Gasteiger partial charge in [-0.1, -0.05) is 18.5 Å². The number of nitrogens with one attached hydrogen (secondary N) is 1. The van der Waals surface area contributed by atoms with Crippen LogP contribution in [0.25, 0.3) is 0 Å². The van der Waals surface area contributed by atoms with Gasteiger partial charge in [0.25, 0.3) is 5.91 Å². The highest BCUT2D eigenvalue weighted by Crippen LogP contribution is 2.37. The number of amides is 2. The Hall–Kier alpha value is -2.64. The highest BCUT2D eigenvalue weighted by atomic mass is 35.5. The average Bonchev–Trinajstić information content (AvgIpc) is 3.56. The molecule has 1 aliphatic carbocycles. The van der Waals surface area contributed by atoms with E-state index >= 15 is 0 Å². The van der Waals surface area contributed by atoms with Gasteiger partial charge in [-0.05, 0) is 80.0 Å². The van der Waals surface area contributed by atoms with Crippen molar-refractivity contribution in [2.75, 3.05) is 16.8 Å². The van der Waals surface area contributed by atoms with E-state index < -0.39 is 6.04 Å². The smallest absolute Gasteiger partial charge is 0.256 e. The number of rotatable bonds is 8. The van der Waals surface area contributed by atoms with E-state index in [9.17, 15) is 9.59 Å². The summed E-state index contributed by atoms with van der Waals surface area (Å²) in [5.41, 5.74) is 1.32. The summed E-state index contributed by atoms with van der Waals surface area (Å²) in [7, 11) is 0. The van der Waals surface area contributed by atoms with E-state index in [2.05, 4.69) is 5.32 Å². The zero-order valence-electron chi connectivity index (χ0n) is 17.2. The van der Waals surface area contributed by atoms with Crippen molar-refractivity contribution in [1.29, 1.82) is 0 Å². The molecule has 162 valence electrons. The van der Waals surface area contributed by atoms with E-state index in [1.165, 1.54) is 4.90 Å². The Bertz CT molecular complexity index is 977. The third-order valence-electron chi connectivity index (χ3n) is 5.27. The normalized spacial score (nSPS) is 18.5. The molecule has 31 heavy (non-hydrogen) atoms. The fraction of sp³-hybridized carbons (Fsp3) is 0.348. The van der Waals surface area contributed by atoms with Gasteiger partial charge in [-0.25, -0.2) is 0 Å². The molecule has 2 aromatic rings. The van der Waals surface area contributed by atoms with Gasteiger partial charge in [-0.3, -0.25) is 14.5 Å². The molecule has 0 aromatic heterocycles. The maximum absolute atomic E-state index is 13.2. The minimum Gasteiger partial charge on any atom is -0.494 e. The van der Waals surface area contributed by atoms with Gasteiger partial charge >= 0.3 is 0 Å². The van der Waals surface area contributed by atoms with E-state index in [1.807, 2.05) is 24.0 Å². The van der Waals surface area contributed by atoms with Gasteiger partial charge in [-0.15, -0.1) is 0 Å². The van der Waals surface area contributed by atoms with Crippen LogP contribution in [0.4, 0.5) is 11.4 Å². The van der Waals surface area contributed by atoms with Crippen molar-refractivity contribution < 1.29 is 14.3 Å². The predicted molar refractivity (Wildman–Crippen MR) is 126 cm³/mol. The molecule has 0 radical (unpaired) electrons. The van der Waals surface area contributed by atoms with Gasteiger partial charge in [0.05, 0.1) is 18.7 Å². The van der Waals surface area contributed by atoms with Crippen LogP contribution in [0, 0.1) is 0 Å². The van der Waals surface area contributed by atoms with Crippen LogP contribution in [-0.4, -0.2) is 40.5 Å². The summed E-state index contributed by atoms with van der Waals surface area (Å²) in [5, 5.41) is 3.91. The van der Waals surface area contributed by atoms with Crippen LogP contribution in [-0.2, 0) is 9.59 Å². The number of carbonyl (C=O) groups excluding carboxylic acids is 2. The number of thiocarbonyl (C=S) groups is 1. The Kier molecular flexibility index (Phi) is 6.43. The fourth-order valence-corrected chi connectivity index (χ4v) is 4.23. The van der Waals surface area contributed by atoms with Crippen LogP contribution in [0.5, 0.6) is 5.75 Å². The number of ether oxygens (including phenoxy) is 1. The third kappa shape index (κ3) is 4.83. The van der Waals surface area contributed by atoms with Crippen molar-refractivity contribution >= 4 is 52.1 Å². The Morgan fingerprint density at radius 3 is 2.45 bits per heavy atom. The molecule has 2 fully saturated rings. The Balaban J connectivity index is 1.46. The van der Waals surface area contributed by atoms with Crippen LogP contribution in [0.2, 0.25) is 5.02 Å². The van der Waals surface area contributed by atoms with Crippen LogP contribution in [0.3, 0.4) is 0 Å². The molecule has 2 amide bonds. The van der Waals surface area contributed by atoms with Crippen LogP contribution < -0.4 is 15.0 Å². The van der Waals surface area contributed by atoms with Crippen molar-refractivity contribution in [3.63, 3.8) is 0 Å². The molecular weight excluding hydrogens is 434 g/mol. The van der Waals surface area contributed by atoms with Crippen LogP contribution in [0.1, 0.15) is 32.6 Å². The molecular formula is C23H24ClN3O3S. The first-order valence-electron chi connectivity index (χ1n) is 10.4. The SMILES string of the molecule is CCCOc1ccc(NC(=O)C[C@@H]2C(=O)N(c3ccc(Cl)cc3)C(=S)N2C2CC2)cc1. The van der Waals surface area contributed by atoms with Gasteiger partial charge in [0, 0.05) is 16.8 Å². The molecule has 1 atom stereocenters. The molecule has 2 aromatic carbocycles. The Labute approximate surface area is 192 Å². The number of nitrogens with zero attached hydrogens (tertiary/aromatic N) is 2. The number of carbonyl (C=O) groups is 2. The minimum atomic E-state index is -0.608. The zero-order valence-corrected chi connectivity index (χ0v) is 18.8. The maximum atomic E-state index is 13.2. The van der Waals surface area contributed by atoms with E-state index in [0.717, 1.165) is 25.0 Å². The summed E-state index contributed by atoms with van der Waals surface area (Å²) in [6.45, 7) is 2.69. The van der Waals surface area contributed by atoms with Crippen molar-refractivity contribution in [3.8, 4) is 5.75 Å². The van der Waals surface area contributed by atoms with Crippen molar-refractivity contribution in [2.24, 2.45) is 0 Å². The van der Waals surface area contributed by atoms with E-state index in [1.54, 1.807) is 36.4 Å². The minimum absolute atomic E-state index is 0.0354. The second-order valence-electron chi connectivity index (χ2n) is 7.71. The third-order valence-corrected chi connectivity index (χ3v) is 5.91. The van der Waals surface area contributed by atoms with Crippen LogP contribution >= 0.6 is 23.8 Å². The standard InChI is InChI=1S/C23H24ClN3O3S/c1-2-13-30-19-11-5-16(6-12-19)25-21(28)14-20-22(29)27(18-7-3-15(24)4-8-18)23(31)26(20)17-9-10-17/h3-8,11-12,17,20H,2,9-10,13-14H2,1H3,(H,25,28)/t20-/m1/s1. The Morgan fingerprint density at radius 1 is 1.16 bits per heavy atom. The summed E-state index contributed by atoms with van der Waals surface area (Å²) in [6, 6.07) is 13.8. The summed E-state index contributed by atoms with van der Waals surface area (Å²) in [5.74, 6) is 0.347. The summed E-state index contributed by atoms with van der Waals surface area (Å²) < 4.78 is 5.57. The predicted octanol–water partition coefficient (Wildman–Crippen LogP) is 4.62. The molecule has 0 bridgehead atoms. The molecule has 8 heteroatoms. The van der Waals surface area contributed by atoms with Crippen molar-refractivity contribution in [2.45, 2.75) is 44.7 Å². The van der Waals surface area contributed by atoms with E-state index in [4.69, 9.17) is 28.6 Å². The van der Waals surface area contributed by atoms with E-state index in [0.29, 0.717) is 28.1 Å². The van der Waals surface area contributed by atoms with E-state index in [-0.39, 0.29) is 24.3 Å². The summed E-state index contributed by atoms with van der Waals surface area (Å²) >= 11 is 11.6. The summed E-state index contributed by atoms with van der Waals surface area (Å²) in [6.07, 6.45) is 2.91. The number of benzene rings is 2. The van der Waals surface area contributed by atoms with Gasteiger partial charge < -0.3 is 15.0 Å². The number of anilines is 2. The molecule has 1 heterocycles.